The van der Waals surface area contributed by atoms with Crippen LogP contribution in [0.2, 0.25) is 0 Å². The average Bonchev–Trinajstić information content (AvgIpc) is 2.38. The first-order valence-corrected chi connectivity index (χ1v) is 4.76. The van der Waals surface area contributed by atoms with E-state index >= 15 is 0 Å². The molecule has 0 unspecified atom stereocenters. The smallest absolute Gasteiger partial charge is 0.255 e. The van der Waals surface area contributed by atoms with Gasteiger partial charge in [0.2, 0.25) is 0 Å². The summed E-state index contributed by atoms with van der Waals surface area (Å²) >= 11 is 0. The monoisotopic (exact) mass is 224 g/mol. The molecule has 5 heteroatoms. The van der Waals surface area contributed by atoms with Gasteiger partial charge in [0, 0.05) is 5.56 Å². The molecule has 0 saturated heterocycles. The van der Waals surface area contributed by atoms with Crippen LogP contribution in [0.3, 0.4) is 0 Å². The van der Waals surface area contributed by atoms with Gasteiger partial charge in [-0.1, -0.05) is 6.07 Å². The molecule has 0 bridgehead atoms. The van der Waals surface area contributed by atoms with E-state index in [1.165, 1.54) is 6.07 Å². The molecule has 82 valence electrons. The standard InChI is InChI=1S/C12H8N4O/c13-4-6-16(7-5-14)12(17)11-3-1-2-10(8-11)9-15/h1-3,8H,6-7H2. The molecule has 0 radical (unpaired) electrons. The van der Waals surface area contributed by atoms with Gasteiger partial charge < -0.3 is 4.90 Å². The van der Waals surface area contributed by atoms with Crippen LogP contribution in [0, 0.1) is 34.0 Å². The lowest BCUT2D eigenvalue weighted by Gasteiger charge is -2.15. The first kappa shape index (κ1) is 12.2. The second-order valence-corrected chi connectivity index (χ2v) is 3.17. The van der Waals surface area contributed by atoms with Gasteiger partial charge in [-0.05, 0) is 18.2 Å². The summed E-state index contributed by atoms with van der Waals surface area (Å²) in [7, 11) is 0. The minimum atomic E-state index is -0.426. The Morgan fingerprint density at radius 1 is 1.18 bits per heavy atom. The summed E-state index contributed by atoms with van der Waals surface area (Å²) in [5.74, 6) is -0.426. The Morgan fingerprint density at radius 2 is 1.82 bits per heavy atom. The number of hydrogen-bond acceptors (Lipinski definition) is 4. The quantitative estimate of drug-likeness (QED) is 0.717. The topological polar surface area (TPSA) is 91.7 Å². The normalized spacial score (nSPS) is 8.53. The summed E-state index contributed by atoms with van der Waals surface area (Å²) in [5.41, 5.74) is 0.666. The van der Waals surface area contributed by atoms with Crippen LogP contribution in [0.5, 0.6) is 0 Å². The maximum atomic E-state index is 11.9. The van der Waals surface area contributed by atoms with Crippen molar-refractivity contribution in [2.24, 2.45) is 0 Å². The van der Waals surface area contributed by atoms with Crippen molar-refractivity contribution < 1.29 is 4.79 Å². The Kier molecular flexibility index (Phi) is 4.25. The molecule has 0 aliphatic rings. The third-order valence-corrected chi connectivity index (χ3v) is 2.05. The number of amides is 1. The molecule has 0 spiro atoms. The van der Waals surface area contributed by atoms with Gasteiger partial charge >= 0.3 is 0 Å². The molecule has 0 aliphatic carbocycles. The number of benzene rings is 1. The van der Waals surface area contributed by atoms with Crippen molar-refractivity contribution in [3.63, 3.8) is 0 Å². The number of carbonyl (C=O) groups is 1. The van der Waals surface area contributed by atoms with Gasteiger partial charge in [0.15, 0.2) is 0 Å². The van der Waals surface area contributed by atoms with E-state index in [9.17, 15) is 4.79 Å². The van der Waals surface area contributed by atoms with E-state index in [4.69, 9.17) is 15.8 Å². The SMILES string of the molecule is N#CCN(CC#N)C(=O)c1cccc(C#N)c1. The Bertz CT molecular complexity index is 529. The molecule has 0 heterocycles. The number of rotatable bonds is 3. The van der Waals surface area contributed by atoms with Gasteiger partial charge in [-0.2, -0.15) is 15.8 Å². The molecule has 1 aromatic carbocycles. The molecule has 1 aromatic rings. The van der Waals surface area contributed by atoms with E-state index in [-0.39, 0.29) is 13.1 Å². The second kappa shape index (κ2) is 5.90. The van der Waals surface area contributed by atoms with Crippen LogP contribution in [0.15, 0.2) is 24.3 Å². The van der Waals surface area contributed by atoms with Crippen LogP contribution in [0.1, 0.15) is 15.9 Å². The van der Waals surface area contributed by atoms with Gasteiger partial charge in [0.25, 0.3) is 5.91 Å². The van der Waals surface area contributed by atoms with Crippen molar-refractivity contribution in [2.75, 3.05) is 13.1 Å². The zero-order valence-corrected chi connectivity index (χ0v) is 8.92. The number of carbonyl (C=O) groups excluding carboxylic acids is 1. The summed E-state index contributed by atoms with van der Waals surface area (Å²) in [6.07, 6.45) is 0. The fraction of sp³-hybridized carbons (Fsp3) is 0.167. The highest BCUT2D eigenvalue weighted by atomic mass is 16.2. The van der Waals surface area contributed by atoms with Gasteiger partial charge in [-0.3, -0.25) is 4.79 Å². The van der Waals surface area contributed by atoms with Gasteiger partial charge in [-0.25, -0.2) is 0 Å². The zero-order chi connectivity index (χ0) is 12.7. The molecular formula is C12H8N4O. The molecule has 5 nitrogen and oxygen atoms in total. The number of nitrogens with zero attached hydrogens (tertiary/aromatic N) is 4. The average molecular weight is 224 g/mol. The number of nitriles is 3. The van der Waals surface area contributed by atoms with Crippen LogP contribution in [0.4, 0.5) is 0 Å². The van der Waals surface area contributed by atoms with Crippen molar-refractivity contribution in [1.82, 2.24) is 4.90 Å². The van der Waals surface area contributed by atoms with Crippen LogP contribution < -0.4 is 0 Å². The van der Waals surface area contributed by atoms with Gasteiger partial charge in [0.1, 0.15) is 13.1 Å². The lowest BCUT2D eigenvalue weighted by molar-refractivity contribution is 0.0794. The molecule has 0 aromatic heterocycles. The fourth-order valence-corrected chi connectivity index (χ4v) is 1.27. The van der Waals surface area contributed by atoms with E-state index < -0.39 is 5.91 Å². The summed E-state index contributed by atoms with van der Waals surface area (Å²) in [5, 5.41) is 25.8. The highest BCUT2D eigenvalue weighted by molar-refractivity contribution is 5.94. The lowest BCUT2D eigenvalue weighted by Crippen LogP contribution is -2.31. The Hall–Kier alpha value is -2.84. The molecule has 0 saturated carbocycles. The van der Waals surface area contributed by atoms with Gasteiger partial charge in [0.05, 0.1) is 23.8 Å². The van der Waals surface area contributed by atoms with E-state index in [0.717, 1.165) is 4.90 Å². The second-order valence-electron chi connectivity index (χ2n) is 3.17. The third kappa shape index (κ3) is 3.06. The summed E-state index contributed by atoms with van der Waals surface area (Å²) in [6.45, 7) is -0.299. The zero-order valence-electron chi connectivity index (χ0n) is 8.92. The first-order valence-electron chi connectivity index (χ1n) is 4.76. The molecule has 17 heavy (non-hydrogen) atoms. The van der Waals surface area contributed by atoms with E-state index in [1.807, 2.05) is 18.2 Å². The van der Waals surface area contributed by atoms with Crippen molar-refractivity contribution in [3.8, 4) is 18.2 Å². The third-order valence-electron chi connectivity index (χ3n) is 2.05. The fourth-order valence-electron chi connectivity index (χ4n) is 1.27. The largest absolute Gasteiger partial charge is 0.312 e. The van der Waals surface area contributed by atoms with E-state index in [0.29, 0.717) is 11.1 Å². The van der Waals surface area contributed by atoms with Crippen LogP contribution in [-0.2, 0) is 0 Å². The minimum absolute atomic E-state index is 0.150. The molecule has 1 rings (SSSR count). The van der Waals surface area contributed by atoms with Crippen LogP contribution >= 0.6 is 0 Å². The summed E-state index contributed by atoms with van der Waals surface area (Å²) in [6, 6.07) is 11.7. The molecule has 0 fully saturated rings. The highest BCUT2D eigenvalue weighted by Gasteiger charge is 2.15. The maximum Gasteiger partial charge on any atom is 0.255 e. The maximum absolute atomic E-state index is 11.9. The van der Waals surface area contributed by atoms with Crippen LogP contribution in [0.25, 0.3) is 0 Å². The van der Waals surface area contributed by atoms with Crippen molar-refractivity contribution >= 4 is 5.91 Å². The minimum Gasteiger partial charge on any atom is -0.312 e. The lowest BCUT2D eigenvalue weighted by atomic mass is 10.1. The molecule has 1 amide bonds. The number of hydrogen-bond donors (Lipinski definition) is 0. The Morgan fingerprint density at radius 3 is 2.35 bits per heavy atom. The van der Waals surface area contributed by atoms with E-state index in [2.05, 4.69) is 0 Å². The first-order chi connectivity index (χ1) is 8.22. The predicted molar refractivity (Wildman–Crippen MR) is 58.3 cm³/mol. The van der Waals surface area contributed by atoms with Crippen molar-refractivity contribution in [2.45, 2.75) is 0 Å². The Labute approximate surface area is 98.7 Å². The van der Waals surface area contributed by atoms with Gasteiger partial charge in [-0.15, -0.1) is 0 Å². The van der Waals surface area contributed by atoms with Crippen molar-refractivity contribution in [1.29, 1.82) is 15.8 Å². The molecular weight excluding hydrogens is 216 g/mol. The molecule has 0 aliphatic heterocycles. The summed E-state index contributed by atoms with van der Waals surface area (Å²) < 4.78 is 0. The molecule has 0 N–H and O–H groups in total. The van der Waals surface area contributed by atoms with Crippen molar-refractivity contribution in [3.05, 3.63) is 35.4 Å². The van der Waals surface area contributed by atoms with E-state index in [1.54, 1.807) is 18.2 Å². The Balaban J connectivity index is 2.98. The highest BCUT2D eigenvalue weighted by Crippen LogP contribution is 2.07. The molecule has 0 atom stereocenters. The van der Waals surface area contributed by atoms with Crippen LogP contribution in [-0.4, -0.2) is 23.9 Å². The summed E-state index contributed by atoms with van der Waals surface area (Å²) in [4.78, 5) is 13.0. The predicted octanol–water partition coefficient (Wildman–Crippen LogP) is 1.05.